The minimum Gasteiger partial charge on any atom is -0.383 e. The number of anilines is 2. The molecule has 0 saturated heterocycles. The van der Waals surface area contributed by atoms with Crippen LogP contribution in [0.1, 0.15) is 11.1 Å². The number of hydrogen-bond acceptors (Lipinski definition) is 7. The lowest BCUT2D eigenvalue weighted by Gasteiger charge is -2.23. The molecule has 3 aromatic rings. The van der Waals surface area contributed by atoms with Crippen molar-refractivity contribution < 1.29 is 14.5 Å². The average molecular weight is 465 g/mol. The van der Waals surface area contributed by atoms with Crippen LogP contribution in [0.3, 0.4) is 0 Å². The van der Waals surface area contributed by atoms with E-state index in [9.17, 15) is 24.5 Å². The summed E-state index contributed by atoms with van der Waals surface area (Å²) < 4.78 is 6.23. The summed E-state index contributed by atoms with van der Waals surface area (Å²) >= 11 is 0. The Balaban J connectivity index is 2.00. The molecule has 0 atom stereocenters. The van der Waals surface area contributed by atoms with Crippen LogP contribution in [0.25, 0.3) is 6.08 Å². The Morgan fingerprint density at radius 3 is 2.62 bits per heavy atom. The van der Waals surface area contributed by atoms with Gasteiger partial charge in [0, 0.05) is 31.9 Å². The quantitative estimate of drug-likeness (QED) is 0.277. The van der Waals surface area contributed by atoms with Crippen LogP contribution in [0.15, 0.2) is 70.3 Å². The van der Waals surface area contributed by atoms with Crippen LogP contribution in [0.4, 0.5) is 17.2 Å². The molecule has 11 heteroatoms. The molecule has 0 fully saturated rings. The van der Waals surface area contributed by atoms with Gasteiger partial charge in [-0.15, -0.1) is 0 Å². The summed E-state index contributed by atoms with van der Waals surface area (Å²) in [6.45, 7) is 0.156. The Hall–Kier alpha value is -4.51. The third kappa shape index (κ3) is 5.64. The molecule has 0 unspecified atom stereocenters. The maximum absolute atomic E-state index is 13.1. The molecule has 0 aliphatic rings. The number of amides is 1. The summed E-state index contributed by atoms with van der Waals surface area (Å²) in [5, 5.41) is 11.0. The number of methoxy groups -OCH3 is 1. The third-order valence-corrected chi connectivity index (χ3v) is 4.95. The number of hydrogen-bond donors (Lipinski definition) is 2. The Bertz CT molecular complexity index is 1330. The first-order valence-electron chi connectivity index (χ1n) is 10.2. The first kappa shape index (κ1) is 24.1. The number of H-pyrrole nitrogens is 1. The van der Waals surface area contributed by atoms with Gasteiger partial charge in [-0.3, -0.25) is 34.2 Å². The molecular weight excluding hydrogens is 442 g/mol. The van der Waals surface area contributed by atoms with Crippen molar-refractivity contribution in [1.29, 1.82) is 0 Å². The molecule has 1 amide bonds. The number of nitrogens with two attached hydrogens (primary N) is 1. The molecule has 0 radical (unpaired) electrons. The number of carbonyl (C=O) groups is 1. The molecule has 0 aliphatic carbocycles. The Morgan fingerprint density at radius 2 is 1.94 bits per heavy atom. The molecule has 0 aliphatic heterocycles. The number of nitrogens with zero attached hydrogens (tertiary/aromatic N) is 3. The van der Waals surface area contributed by atoms with Gasteiger partial charge in [-0.2, -0.15) is 0 Å². The van der Waals surface area contributed by atoms with Crippen molar-refractivity contribution >= 4 is 29.2 Å². The van der Waals surface area contributed by atoms with E-state index < -0.39 is 22.1 Å². The number of nitrogen functional groups attached to an aromatic ring is 1. The van der Waals surface area contributed by atoms with Gasteiger partial charge in [0.25, 0.3) is 17.2 Å². The molecule has 0 spiro atoms. The second kappa shape index (κ2) is 10.9. The molecule has 11 nitrogen and oxygen atoms in total. The molecule has 2 aromatic carbocycles. The minimum atomic E-state index is -0.819. The zero-order valence-corrected chi connectivity index (χ0v) is 18.3. The molecular formula is C23H23N5O6. The van der Waals surface area contributed by atoms with Crippen molar-refractivity contribution in [2.24, 2.45) is 0 Å². The zero-order chi connectivity index (χ0) is 24.7. The first-order chi connectivity index (χ1) is 16.3. The topological polar surface area (TPSA) is 154 Å². The highest BCUT2D eigenvalue weighted by Crippen LogP contribution is 2.19. The van der Waals surface area contributed by atoms with Crippen molar-refractivity contribution in [3.8, 4) is 0 Å². The number of nitro groups is 1. The van der Waals surface area contributed by atoms with E-state index >= 15 is 0 Å². The predicted octanol–water partition coefficient (Wildman–Crippen LogP) is 1.77. The van der Waals surface area contributed by atoms with Crippen LogP contribution >= 0.6 is 0 Å². The van der Waals surface area contributed by atoms with E-state index in [-0.39, 0.29) is 36.9 Å². The number of rotatable bonds is 9. The zero-order valence-electron chi connectivity index (χ0n) is 18.3. The van der Waals surface area contributed by atoms with Gasteiger partial charge >= 0.3 is 5.69 Å². The van der Waals surface area contributed by atoms with Crippen molar-refractivity contribution in [2.45, 2.75) is 6.54 Å². The van der Waals surface area contributed by atoms with E-state index in [0.29, 0.717) is 5.56 Å². The maximum atomic E-state index is 13.1. The fourth-order valence-electron chi connectivity index (χ4n) is 3.28. The lowest BCUT2D eigenvalue weighted by atomic mass is 10.2. The van der Waals surface area contributed by atoms with Crippen LogP contribution in [0.5, 0.6) is 0 Å². The number of nitro benzene ring substituents is 1. The van der Waals surface area contributed by atoms with Crippen LogP contribution in [0.2, 0.25) is 0 Å². The summed E-state index contributed by atoms with van der Waals surface area (Å²) in [4.78, 5) is 51.9. The van der Waals surface area contributed by atoms with Crippen LogP contribution in [-0.4, -0.2) is 40.6 Å². The van der Waals surface area contributed by atoms with E-state index in [4.69, 9.17) is 10.5 Å². The molecule has 1 aromatic heterocycles. The largest absolute Gasteiger partial charge is 0.383 e. The van der Waals surface area contributed by atoms with Gasteiger partial charge < -0.3 is 10.5 Å². The minimum absolute atomic E-state index is 0.0224. The lowest BCUT2D eigenvalue weighted by Crippen LogP contribution is -2.42. The van der Waals surface area contributed by atoms with E-state index in [1.807, 2.05) is 6.07 Å². The van der Waals surface area contributed by atoms with Gasteiger partial charge in [0.15, 0.2) is 5.69 Å². The summed E-state index contributed by atoms with van der Waals surface area (Å²) in [5.74, 6) is -0.795. The summed E-state index contributed by atoms with van der Waals surface area (Å²) in [7, 11) is 1.44. The number of ether oxygens (including phenoxy) is 1. The van der Waals surface area contributed by atoms with Gasteiger partial charge in [-0.25, -0.2) is 4.79 Å². The van der Waals surface area contributed by atoms with E-state index in [2.05, 4.69) is 4.98 Å². The SMILES string of the molecule is COCCN(C(=O)/C=C/c1cccc([N+](=O)[O-])c1)c1c(N)n(Cc2ccccc2)c(=O)[nH]c1=O. The summed E-state index contributed by atoms with van der Waals surface area (Å²) in [5.41, 5.74) is 5.56. The van der Waals surface area contributed by atoms with E-state index in [1.165, 1.54) is 42.0 Å². The normalized spacial score (nSPS) is 11.0. The monoisotopic (exact) mass is 465 g/mol. The fourth-order valence-corrected chi connectivity index (χ4v) is 3.28. The maximum Gasteiger partial charge on any atom is 0.330 e. The van der Waals surface area contributed by atoms with Crippen LogP contribution < -0.4 is 21.9 Å². The fraction of sp³-hybridized carbons (Fsp3) is 0.174. The number of aromatic nitrogens is 2. The average Bonchev–Trinajstić information content (AvgIpc) is 2.83. The first-order valence-corrected chi connectivity index (χ1v) is 10.2. The lowest BCUT2D eigenvalue weighted by molar-refractivity contribution is -0.384. The highest BCUT2D eigenvalue weighted by molar-refractivity contribution is 6.05. The van der Waals surface area contributed by atoms with Gasteiger partial charge in [0.05, 0.1) is 18.1 Å². The molecule has 0 saturated carbocycles. The smallest absolute Gasteiger partial charge is 0.330 e. The van der Waals surface area contributed by atoms with Gasteiger partial charge in [-0.05, 0) is 17.2 Å². The highest BCUT2D eigenvalue weighted by Gasteiger charge is 2.23. The van der Waals surface area contributed by atoms with Gasteiger partial charge in [0.2, 0.25) is 0 Å². The van der Waals surface area contributed by atoms with Crippen molar-refractivity contribution in [1.82, 2.24) is 9.55 Å². The second-order valence-electron chi connectivity index (χ2n) is 7.23. The van der Waals surface area contributed by atoms with Crippen LogP contribution in [-0.2, 0) is 16.1 Å². The molecule has 3 N–H and O–H groups in total. The predicted molar refractivity (Wildman–Crippen MR) is 128 cm³/mol. The van der Waals surface area contributed by atoms with E-state index in [1.54, 1.807) is 30.3 Å². The van der Waals surface area contributed by atoms with E-state index in [0.717, 1.165) is 10.5 Å². The Kier molecular flexibility index (Phi) is 7.72. The molecule has 176 valence electrons. The summed E-state index contributed by atoms with van der Waals surface area (Å²) in [6, 6.07) is 14.8. The molecule has 1 heterocycles. The molecule has 34 heavy (non-hydrogen) atoms. The van der Waals surface area contributed by atoms with Gasteiger partial charge in [-0.1, -0.05) is 42.5 Å². The Labute approximate surface area is 193 Å². The number of nitrogens with one attached hydrogen (secondary N) is 1. The number of carbonyl (C=O) groups excluding carboxylic acids is 1. The number of aromatic amines is 1. The van der Waals surface area contributed by atoms with Crippen molar-refractivity contribution in [3.05, 3.63) is 103 Å². The van der Waals surface area contributed by atoms with Crippen molar-refractivity contribution in [3.63, 3.8) is 0 Å². The van der Waals surface area contributed by atoms with Crippen molar-refractivity contribution in [2.75, 3.05) is 30.9 Å². The third-order valence-electron chi connectivity index (χ3n) is 4.95. The summed E-state index contributed by atoms with van der Waals surface area (Å²) in [6.07, 6.45) is 2.56. The number of non-ortho nitro benzene ring substituents is 1. The highest BCUT2D eigenvalue weighted by atomic mass is 16.6. The standard InChI is InChI=1S/C23H23N5O6/c1-34-13-12-26(19(29)11-10-16-8-5-9-18(14-16)28(32)33)20-21(24)27(23(31)25-22(20)30)15-17-6-3-2-4-7-17/h2-11,14H,12-13,15,24H2,1H3,(H,25,30,31)/b11-10+. The molecule has 0 bridgehead atoms. The Morgan fingerprint density at radius 1 is 1.21 bits per heavy atom. The van der Waals surface area contributed by atoms with Crippen LogP contribution in [0, 0.1) is 10.1 Å². The second-order valence-corrected chi connectivity index (χ2v) is 7.23. The number of benzene rings is 2. The van der Waals surface area contributed by atoms with Gasteiger partial charge in [0.1, 0.15) is 5.82 Å². The molecule has 3 rings (SSSR count).